The zero-order chi connectivity index (χ0) is 20.6. The highest BCUT2D eigenvalue weighted by molar-refractivity contribution is 7.80. The molecule has 0 bridgehead atoms. The third-order valence-corrected chi connectivity index (χ3v) is 5.42. The van der Waals surface area contributed by atoms with E-state index < -0.39 is 0 Å². The van der Waals surface area contributed by atoms with Gasteiger partial charge < -0.3 is 10.1 Å². The number of ether oxygens (including phenoxy) is 1. The highest BCUT2D eigenvalue weighted by Gasteiger charge is 2.12. The van der Waals surface area contributed by atoms with E-state index in [0.29, 0.717) is 21.8 Å². The second-order valence-corrected chi connectivity index (χ2v) is 7.86. The molecule has 0 aliphatic carbocycles. The molecule has 0 atom stereocenters. The van der Waals surface area contributed by atoms with Crippen LogP contribution in [0, 0.1) is 6.92 Å². The molecule has 10 heteroatoms. The molecule has 2 heterocycles. The van der Waals surface area contributed by atoms with Crippen LogP contribution >= 0.6 is 35.4 Å². The molecule has 0 radical (unpaired) electrons. The summed E-state index contributed by atoms with van der Waals surface area (Å²) in [6.07, 6.45) is 1.64. The Kier molecular flexibility index (Phi) is 8.26. The summed E-state index contributed by atoms with van der Waals surface area (Å²) in [6, 6.07) is 7.60. The molecule has 156 valence electrons. The van der Waals surface area contributed by atoms with Crippen molar-refractivity contribution in [2.24, 2.45) is 5.10 Å². The Labute approximate surface area is 186 Å². The van der Waals surface area contributed by atoms with E-state index in [4.69, 9.17) is 40.2 Å². The van der Waals surface area contributed by atoms with E-state index in [1.54, 1.807) is 10.9 Å². The topological polar surface area (TPSA) is 66.7 Å². The van der Waals surface area contributed by atoms with E-state index >= 15 is 0 Å². The van der Waals surface area contributed by atoms with Crippen LogP contribution in [0.1, 0.15) is 16.8 Å². The fraction of sp³-hybridized carbons (Fsp3) is 0.421. The Morgan fingerprint density at radius 1 is 1.28 bits per heavy atom. The van der Waals surface area contributed by atoms with Crippen LogP contribution in [0.5, 0.6) is 0 Å². The van der Waals surface area contributed by atoms with Gasteiger partial charge in [0.15, 0.2) is 5.11 Å². The maximum absolute atomic E-state index is 6.49. The van der Waals surface area contributed by atoms with Crippen LogP contribution in [0.25, 0.3) is 0 Å². The number of halogens is 2. The summed E-state index contributed by atoms with van der Waals surface area (Å²) < 4.78 is 7.08. The Morgan fingerprint density at radius 2 is 2.00 bits per heavy atom. The van der Waals surface area contributed by atoms with Gasteiger partial charge in [0.05, 0.1) is 37.2 Å². The first kappa shape index (κ1) is 22.0. The van der Waals surface area contributed by atoms with Crippen molar-refractivity contribution in [3.05, 3.63) is 51.3 Å². The van der Waals surface area contributed by atoms with Crippen molar-refractivity contribution in [2.45, 2.75) is 13.5 Å². The number of hydrazone groups is 1. The minimum atomic E-state index is 0.469. The molecular formula is C19H24Cl2N6OS. The van der Waals surface area contributed by atoms with Crippen molar-refractivity contribution in [1.29, 1.82) is 0 Å². The summed E-state index contributed by atoms with van der Waals surface area (Å²) in [7, 11) is 0. The molecule has 1 saturated heterocycles. The molecule has 2 N–H and O–H groups in total. The van der Waals surface area contributed by atoms with Gasteiger partial charge in [-0.3, -0.25) is 10.3 Å². The van der Waals surface area contributed by atoms with Gasteiger partial charge >= 0.3 is 0 Å². The fourth-order valence-corrected chi connectivity index (χ4v) is 3.49. The van der Waals surface area contributed by atoms with Gasteiger partial charge in [-0.2, -0.15) is 10.2 Å². The average Bonchev–Trinajstić information content (AvgIpc) is 2.98. The van der Waals surface area contributed by atoms with Crippen molar-refractivity contribution in [1.82, 2.24) is 25.4 Å². The van der Waals surface area contributed by atoms with Crippen LogP contribution in [0.15, 0.2) is 29.4 Å². The predicted octanol–water partition coefficient (Wildman–Crippen LogP) is 2.68. The Hall–Kier alpha value is -1.71. The number of nitrogens with zero attached hydrogens (tertiary/aromatic N) is 4. The third kappa shape index (κ3) is 6.65. The van der Waals surface area contributed by atoms with Crippen LogP contribution in [0.4, 0.5) is 0 Å². The van der Waals surface area contributed by atoms with Gasteiger partial charge in [-0.05, 0) is 36.8 Å². The maximum atomic E-state index is 6.49. The second-order valence-electron chi connectivity index (χ2n) is 6.65. The first-order valence-electron chi connectivity index (χ1n) is 9.37. The highest BCUT2D eigenvalue weighted by atomic mass is 35.5. The quantitative estimate of drug-likeness (QED) is 0.380. The van der Waals surface area contributed by atoms with Gasteiger partial charge in [0.1, 0.15) is 5.15 Å². The summed E-state index contributed by atoms with van der Waals surface area (Å²) in [4.78, 5) is 2.33. The van der Waals surface area contributed by atoms with Gasteiger partial charge in [0.25, 0.3) is 0 Å². The van der Waals surface area contributed by atoms with E-state index in [9.17, 15) is 0 Å². The van der Waals surface area contributed by atoms with Crippen LogP contribution in [-0.4, -0.2) is 65.4 Å². The van der Waals surface area contributed by atoms with Crippen molar-refractivity contribution < 1.29 is 4.74 Å². The molecule has 29 heavy (non-hydrogen) atoms. The highest BCUT2D eigenvalue weighted by Crippen LogP contribution is 2.19. The number of nitrogens with one attached hydrogen (secondary N) is 2. The molecule has 0 saturated carbocycles. The SMILES string of the molecule is Cc1nn(Cc2ccc(Cl)cc2)c(Cl)c1/C=N\NC(=S)NCCN1CCOCC1. The number of hydrogen-bond acceptors (Lipinski definition) is 5. The molecule has 1 fully saturated rings. The van der Waals surface area contributed by atoms with Crippen LogP contribution < -0.4 is 10.7 Å². The molecule has 1 aliphatic rings. The second kappa shape index (κ2) is 10.9. The predicted molar refractivity (Wildman–Crippen MR) is 121 cm³/mol. The fourth-order valence-electron chi connectivity index (χ4n) is 2.93. The first-order chi connectivity index (χ1) is 14.0. The maximum Gasteiger partial charge on any atom is 0.187 e. The minimum absolute atomic E-state index is 0.469. The number of aryl methyl sites for hydroxylation is 1. The van der Waals surface area contributed by atoms with Gasteiger partial charge in [0.2, 0.25) is 0 Å². The van der Waals surface area contributed by atoms with Crippen molar-refractivity contribution in [3.63, 3.8) is 0 Å². The number of rotatable bonds is 7. The largest absolute Gasteiger partial charge is 0.379 e. The number of hydrogen-bond donors (Lipinski definition) is 2. The minimum Gasteiger partial charge on any atom is -0.379 e. The van der Waals surface area contributed by atoms with E-state index in [-0.39, 0.29) is 0 Å². The van der Waals surface area contributed by atoms with E-state index in [1.165, 1.54) is 0 Å². The third-order valence-electron chi connectivity index (χ3n) is 4.53. The first-order valence-corrected chi connectivity index (χ1v) is 10.5. The lowest BCUT2D eigenvalue weighted by atomic mass is 10.2. The van der Waals surface area contributed by atoms with Gasteiger partial charge in [-0.25, -0.2) is 4.68 Å². The molecule has 2 aromatic rings. The summed E-state index contributed by atoms with van der Waals surface area (Å²) >= 11 is 17.7. The van der Waals surface area contributed by atoms with E-state index in [2.05, 4.69) is 25.8 Å². The normalized spacial score (nSPS) is 15.0. The molecule has 0 unspecified atom stereocenters. The molecule has 7 nitrogen and oxygen atoms in total. The van der Waals surface area contributed by atoms with Gasteiger partial charge in [0, 0.05) is 31.2 Å². The van der Waals surface area contributed by atoms with E-state index in [1.807, 2.05) is 31.2 Å². The smallest absolute Gasteiger partial charge is 0.187 e. The van der Waals surface area contributed by atoms with Gasteiger partial charge in [-0.1, -0.05) is 35.3 Å². The van der Waals surface area contributed by atoms with Gasteiger partial charge in [-0.15, -0.1) is 0 Å². The van der Waals surface area contributed by atoms with Crippen LogP contribution in [0.2, 0.25) is 10.2 Å². The van der Waals surface area contributed by atoms with Crippen molar-refractivity contribution in [2.75, 3.05) is 39.4 Å². The molecule has 0 amide bonds. The van der Waals surface area contributed by atoms with Crippen molar-refractivity contribution >= 4 is 46.7 Å². The van der Waals surface area contributed by atoms with E-state index in [0.717, 1.165) is 56.2 Å². The molecule has 1 aromatic heterocycles. The lowest BCUT2D eigenvalue weighted by molar-refractivity contribution is 0.0389. The zero-order valence-electron chi connectivity index (χ0n) is 16.2. The zero-order valence-corrected chi connectivity index (χ0v) is 18.5. The molecule has 1 aliphatic heterocycles. The number of aromatic nitrogens is 2. The lowest BCUT2D eigenvalue weighted by Crippen LogP contribution is -2.42. The number of benzene rings is 1. The standard InChI is InChI=1S/C19H24Cl2N6OS/c1-14-17(18(21)27(25-14)13-15-2-4-16(20)5-3-15)12-23-24-19(29)22-6-7-26-8-10-28-11-9-26/h2-5,12H,6-11,13H2,1H3,(H2,22,24,29)/b23-12-. The summed E-state index contributed by atoms with van der Waals surface area (Å²) in [5, 5.41) is 13.5. The van der Waals surface area contributed by atoms with Crippen LogP contribution in [0.3, 0.4) is 0 Å². The molecule has 1 aromatic carbocycles. The number of thiocarbonyl (C=S) groups is 1. The summed E-state index contributed by atoms with van der Waals surface area (Å²) in [5.41, 5.74) is 5.43. The van der Waals surface area contributed by atoms with Crippen molar-refractivity contribution in [3.8, 4) is 0 Å². The number of morpholine rings is 1. The monoisotopic (exact) mass is 454 g/mol. The van der Waals surface area contributed by atoms with Crippen LogP contribution in [-0.2, 0) is 11.3 Å². The Balaban J connectivity index is 1.48. The Bertz CT molecular complexity index is 849. The average molecular weight is 455 g/mol. The molecular weight excluding hydrogens is 431 g/mol. The summed E-state index contributed by atoms with van der Waals surface area (Å²) in [5.74, 6) is 0. The molecule has 3 rings (SSSR count). The Morgan fingerprint density at radius 3 is 2.72 bits per heavy atom. The molecule has 0 spiro atoms. The summed E-state index contributed by atoms with van der Waals surface area (Å²) in [6.45, 7) is 7.61. The lowest BCUT2D eigenvalue weighted by Gasteiger charge is -2.26.